The lowest BCUT2D eigenvalue weighted by Gasteiger charge is -2.28. The molecule has 1 fully saturated rings. The van der Waals surface area contributed by atoms with E-state index in [2.05, 4.69) is 15.2 Å². The van der Waals surface area contributed by atoms with Gasteiger partial charge in [0.15, 0.2) is 0 Å². The van der Waals surface area contributed by atoms with Gasteiger partial charge in [0.05, 0.1) is 30.3 Å². The molecule has 2 aromatic rings. The predicted molar refractivity (Wildman–Crippen MR) is 82.6 cm³/mol. The molecule has 0 amide bonds. The summed E-state index contributed by atoms with van der Waals surface area (Å²) in [5.41, 5.74) is 3.03. The predicted octanol–water partition coefficient (Wildman–Crippen LogP) is 1.37. The van der Waals surface area contributed by atoms with E-state index in [-0.39, 0.29) is 6.10 Å². The van der Waals surface area contributed by atoms with Crippen molar-refractivity contribution in [2.75, 3.05) is 20.2 Å². The maximum Gasteiger partial charge on any atom is 0.0971 e. The number of methoxy groups -OCH3 is 1. The van der Waals surface area contributed by atoms with E-state index in [1.165, 1.54) is 0 Å². The highest BCUT2D eigenvalue weighted by Crippen LogP contribution is 2.16. The Morgan fingerprint density at radius 3 is 2.82 bits per heavy atom. The number of aliphatic hydroxyl groups is 1. The fraction of sp³-hybridized carbons (Fsp3) is 0.500. The van der Waals surface area contributed by atoms with Crippen LogP contribution in [0, 0.1) is 0 Å². The van der Waals surface area contributed by atoms with Gasteiger partial charge in [0.1, 0.15) is 0 Å². The highest BCUT2D eigenvalue weighted by Gasteiger charge is 2.18. The molecule has 0 spiro atoms. The van der Waals surface area contributed by atoms with E-state index in [0.717, 1.165) is 49.4 Å². The summed E-state index contributed by atoms with van der Waals surface area (Å²) < 4.78 is 7.04. The number of hydrogen-bond donors (Lipinski definition) is 1. The molecule has 0 radical (unpaired) electrons. The maximum absolute atomic E-state index is 9.56. The lowest BCUT2D eigenvalue weighted by Crippen LogP contribution is -2.35. The van der Waals surface area contributed by atoms with Crippen LogP contribution in [0.1, 0.15) is 24.1 Å². The van der Waals surface area contributed by atoms with Gasteiger partial charge in [-0.3, -0.25) is 4.90 Å². The molecule has 6 heteroatoms. The molecule has 3 rings (SSSR count). The second kappa shape index (κ2) is 7.00. The number of hydrogen-bond acceptors (Lipinski definition) is 5. The van der Waals surface area contributed by atoms with Crippen molar-refractivity contribution >= 4 is 0 Å². The zero-order chi connectivity index (χ0) is 15.4. The zero-order valence-electron chi connectivity index (χ0n) is 12.9. The van der Waals surface area contributed by atoms with Crippen molar-refractivity contribution in [1.29, 1.82) is 0 Å². The number of ether oxygens (including phenoxy) is 1. The molecule has 1 aliphatic heterocycles. The Kier molecular flexibility index (Phi) is 4.82. The van der Waals surface area contributed by atoms with Crippen LogP contribution in [0.2, 0.25) is 0 Å². The summed E-state index contributed by atoms with van der Waals surface area (Å²) >= 11 is 0. The molecule has 22 heavy (non-hydrogen) atoms. The molecule has 0 unspecified atom stereocenters. The van der Waals surface area contributed by atoms with E-state index in [0.29, 0.717) is 6.61 Å². The number of aromatic nitrogens is 3. The van der Waals surface area contributed by atoms with Crippen LogP contribution in [0.25, 0.3) is 5.69 Å². The standard InChI is InChI=1S/C16H22N4O2/c1-22-12-13-4-2-3-5-16(13)20-11-14(17-18-20)10-19-8-6-15(21)7-9-19/h2-5,11,15,21H,6-10,12H2,1H3. The van der Waals surface area contributed by atoms with Crippen molar-refractivity contribution in [3.8, 4) is 5.69 Å². The van der Waals surface area contributed by atoms with Crippen molar-refractivity contribution in [2.45, 2.75) is 32.1 Å². The summed E-state index contributed by atoms with van der Waals surface area (Å²) in [4.78, 5) is 2.31. The van der Waals surface area contributed by atoms with Crippen LogP contribution < -0.4 is 0 Å². The summed E-state index contributed by atoms with van der Waals surface area (Å²) in [5, 5.41) is 18.1. The average molecular weight is 302 g/mol. The average Bonchev–Trinajstić information content (AvgIpc) is 2.99. The molecule has 1 saturated heterocycles. The summed E-state index contributed by atoms with van der Waals surface area (Å²) in [6, 6.07) is 8.03. The van der Waals surface area contributed by atoms with Crippen LogP contribution in [0.4, 0.5) is 0 Å². The minimum atomic E-state index is -0.146. The molecule has 0 aliphatic carbocycles. The molecule has 0 bridgehead atoms. The van der Waals surface area contributed by atoms with Gasteiger partial charge in [-0.15, -0.1) is 5.10 Å². The zero-order valence-corrected chi connectivity index (χ0v) is 12.9. The van der Waals surface area contributed by atoms with Crippen LogP contribution in [0.5, 0.6) is 0 Å². The SMILES string of the molecule is COCc1ccccc1-n1cc(CN2CCC(O)CC2)nn1. The van der Waals surface area contributed by atoms with Crippen molar-refractivity contribution in [3.63, 3.8) is 0 Å². The lowest BCUT2D eigenvalue weighted by molar-refractivity contribution is 0.0786. The molecule has 0 atom stereocenters. The largest absolute Gasteiger partial charge is 0.393 e. The molecule has 118 valence electrons. The minimum absolute atomic E-state index is 0.146. The minimum Gasteiger partial charge on any atom is -0.393 e. The van der Waals surface area contributed by atoms with Gasteiger partial charge in [0, 0.05) is 32.3 Å². The highest BCUT2D eigenvalue weighted by atomic mass is 16.5. The summed E-state index contributed by atoms with van der Waals surface area (Å²) in [7, 11) is 1.69. The van der Waals surface area contributed by atoms with Gasteiger partial charge in [-0.25, -0.2) is 4.68 Å². The smallest absolute Gasteiger partial charge is 0.0971 e. The van der Waals surface area contributed by atoms with E-state index in [1.54, 1.807) is 7.11 Å². The van der Waals surface area contributed by atoms with Crippen LogP contribution in [-0.4, -0.2) is 51.3 Å². The first kappa shape index (κ1) is 15.1. The van der Waals surface area contributed by atoms with Gasteiger partial charge in [-0.05, 0) is 18.9 Å². The Hall–Kier alpha value is -1.76. The first-order chi connectivity index (χ1) is 10.8. The third-order valence-electron chi connectivity index (χ3n) is 4.02. The van der Waals surface area contributed by atoms with Crippen molar-refractivity contribution in [2.24, 2.45) is 0 Å². The molecule has 1 aromatic carbocycles. The van der Waals surface area contributed by atoms with Crippen molar-refractivity contribution in [3.05, 3.63) is 41.7 Å². The normalized spacial score (nSPS) is 17.0. The number of benzene rings is 1. The topological polar surface area (TPSA) is 63.4 Å². The number of rotatable bonds is 5. The second-order valence-electron chi connectivity index (χ2n) is 5.72. The van der Waals surface area contributed by atoms with Crippen LogP contribution >= 0.6 is 0 Å². The molecule has 1 aliphatic rings. The molecule has 2 heterocycles. The third-order valence-corrected chi connectivity index (χ3v) is 4.02. The fourth-order valence-corrected chi connectivity index (χ4v) is 2.81. The van der Waals surface area contributed by atoms with E-state index in [4.69, 9.17) is 4.74 Å². The van der Waals surface area contributed by atoms with Crippen LogP contribution in [0.15, 0.2) is 30.5 Å². The monoisotopic (exact) mass is 302 g/mol. The number of piperidine rings is 1. The van der Waals surface area contributed by atoms with E-state index >= 15 is 0 Å². The lowest BCUT2D eigenvalue weighted by atomic mass is 10.1. The number of likely N-dealkylation sites (tertiary alicyclic amines) is 1. The Morgan fingerprint density at radius 1 is 1.27 bits per heavy atom. The van der Waals surface area contributed by atoms with Crippen LogP contribution in [0.3, 0.4) is 0 Å². The highest BCUT2D eigenvalue weighted by molar-refractivity contribution is 5.39. The van der Waals surface area contributed by atoms with Gasteiger partial charge in [0.25, 0.3) is 0 Å². The first-order valence-electron chi connectivity index (χ1n) is 7.65. The van der Waals surface area contributed by atoms with Crippen molar-refractivity contribution in [1.82, 2.24) is 19.9 Å². The number of aliphatic hydroxyl groups excluding tert-OH is 1. The van der Waals surface area contributed by atoms with E-state index in [9.17, 15) is 5.11 Å². The Balaban J connectivity index is 1.71. The Bertz CT molecular complexity index is 606. The summed E-state index contributed by atoms with van der Waals surface area (Å²) in [5.74, 6) is 0. The van der Waals surface area contributed by atoms with Gasteiger partial charge in [-0.1, -0.05) is 23.4 Å². The van der Waals surface area contributed by atoms with Gasteiger partial charge in [0.2, 0.25) is 0 Å². The number of nitrogens with zero attached hydrogens (tertiary/aromatic N) is 4. The summed E-state index contributed by atoms with van der Waals surface area (Å²) in [6.45, 7) is 3.15. The molecule has 1 N–H and O–H groups in total. The second-order valence-corrected chi connectivity index (χ2v) is 5.72. The van der Waals surface area contributed by atoms with Gasteiger partial charge in [-0.2, -0.15) is 0 Å². The van der Waals surface area contributed by atoms with Gasteiger partial charge < -0.3 is 9.84 Å². The Morgan fingerprint density at radius 2 is 2.05 bits per heavy atom. The van der Waals surface area contributed by atoms with E-state index in [1.807, 2.05) is 35.1 Å². The number of para-hydroxylation sites is 1. The van der Waals surface area contributed by atoms with E-state index < -0.39 is 0 Å². The first-order valence-corrected chi connectivity index (χ1v) is 7.65. The third kappa shape index (κ3) is 3.52. The summed E-state index contributed by atoms with van der Waals surface area (Å²) in [6.07, 6.45) is 3.50. The molecule has 6 nitrogen and oxygen atoms in total. The van der Waals surface area contributed by atoms with Crippen molar-refractivity contribution < 1.29 is 9.84 Å². The van der Waals surface area contributed by atoms with Crippen LogP contribution in [-0.2, 0) is 17.9 Å². The quantitative estimate of drug-likeness (QED) is 0.904. The Labute approximate surface area is 130 Å². The fourth-order valence-electron chi connectivity index (χ4n) is 2.81. The molecule has 1 aromatic heterocycles. The maximum atomic E-state index is 9.56. The molecule has 0 saturated carbocycles. The van der Waals surface area contributed by atoms with Gasteiger partial charge >= 0.3 is 0 Å². The molecular weight excluding hydrogens is 280 g/mol. The molecular formula is C16H22N4O2.